The van der Waals surface area contributed by atoms with E-state index in [0.717, 1.165) is 18.8 Å². The molecule has 0 radical (unpaired) electrons. The number of carbonyl (C=O) groups is 1. The molecule has 1 saturated carbocycles. The van der Waals surface area contributed by atoms with Crippen LogP contribution < -0.4 is 11.1 Å². The topological polar surface area (TPSA) is 55.1 Å². The van der Waals surface area contributed by atoms with Gasteiger partial charge in [0.25, 0.3) is 0 Å². The van der Waals surface area contributed by atoms with Crippen molar-refractivity contribution in [1.29, 1.82) is 0 Å². The summed E-state index contributed by atoms with van der Waals surface area (Å²) in [4.78, 5) is 11.5. The van der Waals surface area contributed by atoms with E-state index in [9.17, 15) is 4.79 Å². The highest BCUT2D eigenvalue weighted by molar-refractivity contribution is 5.85. The Morgan fingerprint density at radius 3 is 2.81 bits per heavy atom. The van der Waals surface area contributed by atoms with E-state index in [4.69, 9.17) is 5.73 Å². The zero-order valence-corrected chi connectivity index (χ0v) is 11.0. The van der Waals surface area contributed by atoms with Gasteiger partial charge in [-0.1, -0.05) is 26.2 Å². The number of rotatable bonds is 5. The van der Waals surface area contributed by atoms with Crippen molar-refractivity contribution in [3.63, 3.8) is 0 Å². The molecule has 16 heavy (non-hydrogen) atoms. The van der Waals surface area contributed by atoms with Gasteiger partial charge in [0.05, 0.1) is 0 Å². The summed E-state index contributed by atoms with van der Waals surface area (Å²) in [6, 6.07) is 0.425. The summed E-state index contributed by atoms with van der Waals surface area (Å²) < 4.78 is 0. The fourth-order valence-electron chi connectivity index (χ4n) is 2.36. The standard InChI is InChI=1S/C12H24N2O.ClH/c1-2-10-5-3-6-11(9-10)14-12(15)7-4-8-13;/h10-11H,2-9,13H2,1H3,(H,14,15);1H. The first-order valence-electron chi connectivity index (χ1n) is 6.25. The van der Waals surface area contributed by atoms with Crippen LogP contribution >= 0.6 is 12.4 Å². The van der Waals surface area contributed by atoms with Gasteiger partial charge in [0, 0.05) is 12.5 Å². The van der Waals surface area contributed by atoms with Crippen molar-refractivity contribution in [2.24, 2.45) is 11.7 Å². The van der Waals surface area contributed by atoms with E-state index in [2.05, 4.69) is 12.2 Å². The van der Waals surface area contributed by atoms with Gasteiger partial charge in [-0.05, 0) is 31.7 Å². The van der Waals surface area contributed by atoms with Crippen LogP contribution in [-0.2, 0) is 4.79 Å². The third kappa shape index (κ3) is 5.71. The Morgan fingerprint density at radius 1 is 1.44 bits per heavy atom. The molecular weight excluding hydrogens is 224 g/mol. The van der Waals surface area contributed by atoms with Crippen LogP contribution in [0.4, 0.5) is 0 Å². The van der Waals surface area contributed by atoms with Gasteiger partial charge in [-0.15, -0.1) is 12.4 Å². The average Bonchev–Trinajstić information content (AvgIpc) is 2.26. The third-order valence-corrected chi connectivity index (χ3v) is 3.33. The fourth-order valence-corrected chi connectivity index (χ4v) is 2.36. The maximum Gasteiger partial charge on any atom is 0.220 e. The van der Waals surface area contributed by atoms with Gasteiger partial charge in [-0.3, -0.25) is 4.79 Å². The first kappa shape index (κ1) is 15.7. The second-order valence-corrected chi connectivity index (χ2v) is 4.60. The molecule has 0 saturated heterocycles. The van der Waals surface area contributed by atoms with E-state index in [1.165, 1.54) is 25.7 Å². The first-order chi connectivity index (χ1) is 7.26. The lowest BCUT2D eigenvalue weighted by molar-refractivity contribution is -0.122. The minimum absolute atomic E-state index is 0. The molecule has 0 aliphatic heterocycles. The van der Waals surface area contributed by atoms with Crippen LogP contribution in [0.15, 0.2) is 0 Å². The molecule has 1 rings (SSSR count). The highest BCUT2D eigenvalue weighted by Crippen LogP contribution is 2.26. The summed E-state index contributed by atoms with van der Waals surface area (Å²) in [6.07, 6.45) is 7.57. The van der Waals surface area contributed by atoms with Crippen LogP contribution in [0, 0.1) is 5.92 Å². The van der Waals surface area contributed by atoms with Gasteiger partial charge in [0.1, 0.15) is 0 Å². The van der Waals surface area contributed by atoms with Gasteiger partial charge in [-0.2, -0.15) is 0 Å². The summed E-state index contributed by atoms with van der Waals surface area (Å²) in [5.41, 5.74) is 5.37. The second-order valence-electron chi connectivity index (χ2n) is 4.60. The van der Waals surface area contributed by atoms with Gasteiger partial charge in [-0.25, -0.2) is 0 Å². The van der Waals surface area contributed by atoms with E-state index in [0.29, 0.717) is 19.0 Å². The summed E-state index contributed by atoms with van der Waals surface area (Å²) in [7, 11) is 0. The molecule has 0 aromatic carbocycles. The Balaban J connectivity index is 0.00000225. The van der Waals surface area contributed by atoms with Crippen molar-refractivity contribution in [3.05, 3.63) is 0 Å². The van der Waals surface area contributed by atoms with Gasteiger partial charge in [0.2, 0.25) is 5.91 Å². The molecule has 2 unspecified atom stereocenters. The van der Waals surface area contributed by atoms with E-state index >= 15 is 0 Å². The highest BCUT2D eigenvalue weighted by Gasteiger charge is 2.21. The normalized spacial score (nSPS) is 24.6. The van der Waals surface area contributed by atoms with Crippen LogP contribution in [0.5, 0.6) is 0 Å². The summed E-state index contributed by atoms with van der Waals surface area (Å²) in [5.74, 6) is 1.00. The minimum atomic E-state index is 0. The zero-order chi connectivity index (χ0) is 11.1. The molecule has 0 bridgehead atoms. The number of halogens is 1. The van der Waals surface area contributed by atoms with Crippen LogP contribution in [0.3, 0.4) is 0 Å². The Kier molecular flexibility index (Phi) is 8.67. The third-order valence-electron chi connectivity index (χ3n) is 3.33. The van der Waals surface area contributed by atoms with Crippen molar-refractivity contribution in [2.45, 2.75) is 57.9 Å². The molecule has 0 heterocycles. The lowest BCUT2D eigenvalue weighted by Crippen LogP contribution is -2.38. The molecule has 96 valence electrons. The van der Waals surface area contributed by atoms with Gasteiger partial charge >= 0.3 is 0 Å². The van der Waals surface area contributed by atoms with Crippen LogP contribution in [-0.4, -0.2) is 18.5 Å². The van der Waals surface area contributed by atoms with E-state index in [-0.39, 0.29) is 18.3 Å². The number of nitrogens with one attached hydrogen (secondary N) is 1. The monoisotopic (exact) mass is 248 g/mol. The molecule has 2 atom stereocenters. The smallest absolute Gasteiger partial charge is 0.220 e. The molecule has 4 heteroatoms. The Hall–Kier alpha value is -0.280. The van der Waals surface area contributed by atoms with Crippen molar-refractivity contribution in [2.75, 3.05) is 6.54 Å². The number of hydrogen-bond donors (Lipinski definition) is 2. The predicted octanol–water partition coefficient (Wildman–Crippen LogP) is 2.23. The number of carbonyl (C=O) groups excluding carboxylic acids is 1. The van der Waals surface area contributed by atoms with E-state index in [1.807, 2.05) is 0 Å². The van der Waals surface area contributed by atoms with E-state index < -0.39 is 0 Å². The van der Waals surface area contributed by atoms with Crippen LogP contribution in [0.1, 0.15) is 51.9 Å². The number of nitrogens with two attached hydrogens (primary N) is 1. The largest absolute Gasteiger partial charge is 0.353 e. The molecule has 1 aliphatic rings. The lowest BCUT2D eigenvalue weighted by atomic mass is 9.84. The minimum Gasteiger partial charge on any atom is -0.353 e. The molecule has 0 aromatic heterocycles. The molecule has 3 N–H and O–H groups in total. The molecular formula is C12H25ClN2O. The maximum absolute atomic E-state index is 11.5. The van der Waals surface area contributed by atoms with Crippen LogP contribution in [0.25, 0.3) is 0 Å². The van der Waals surface area contributed by atoms with Crippen molar-refractivity contribution in [1.82, 2.24) is 5.32 Å². The lowest BCUT2D eigenvalue weighted by Gasteiger charge is -2.29. The Morgan fingerprint density at radius 2 is 2.19 bits per heavy atom. The average molecular weight is 249 g/mol. The number of amides is 1. The summed E-state index contributed by atoms with van der Waals surface area (Å²) in [6.45, 7) is 2.85. The molecule has 0 aromatic rings. The summed E-state index contributed by atoms with van der Waals surface area (Å²) >= 11 is 0. The van der Waals surface area contributed by atoms with Crippen molar-refractivity contribution in [3.8, 4) is 0 Å². The molecule has 3 nitrogen and oxygen atoms in total. The zero-order valence-electron chi connectivity index (χ0n) is 10.2. The molecule has 1 aliphatic carbocycles. The molecule has 1 fully saturated rings. The summed E-state index contributed by atoms with van der Waals surface area (Å²) in [5, 5.41) is 3.12. The van der Waals surface area contributed by atoms with E-state index in [1.54, 1.807) is 0 Å². The predicted molar refractivity (Wildman–Crippen MR) is 69.7 cm³/mol. The molecule has 1 amide bonds. The maximum atomic E-state index is 11.5. The van der Waals surface area contributed by atoms with Gasteiger partial charge in [0.15, 0.2) is 0 Å². The Labute approximate surface area is 105 Å². The number of hydrogen-bond acceptors (Lipinski definition) is 2. The van der Waals surface area contributed by atoms with Crippen LogP contribution in [0.2, 0.25) is 0 Å². The Bertz CT molecular complexity index is 199. The SMILES string of the molecule is CCC1CCCC(NC(=O)CCCN)C1.Cl. The first-order valence-corrected chi connectivity index (χ1v) is 6.25. The quantitative estimate of drug-likeness (QED) is 0.784. The van der Waals surface area contributed by atoms with Gasteiger partial charge < -0.3 is 11.1 Å². The van der Waals surface area contributed by atoms with Crippen molar-refractivity contribution >= 4 is 18.3 Å². The molecule has 0 spiro atoms. The fraction of sp³-hybridized carbons (Fsp3) is 0.917. The second kappa shape index (κ2) is 8.82. The highest BCUT2D eigenvalue weighted by atomic mass is 35.5. The van der Waals surface area contributed by atoms with Crippen molar-refractivity contribution < 1.29 is 4.79 Å².